The first-order chi connectivity index (χ1) is 20.7. The molecule has 12 heteroatoms. The summed E-state index contributed by atoms with van der Waals surface area (Å²) in [6.45, 7) is 1.89. The van der Waals surface area contributed by atoms with E-state index in [0.717, 1.165) is 22.7 Å². The van der Waals surface area contributed by atoms with Gasteiger partial charge in [-0.15, -0.1) is 0 Å². The highest BCUT2D eigenvalue weighted by molar-refractivity contribution is 7.89. The molecule has 1 aromatic heterocycles. The molecular weight excluding hydrogens is 574 g/mol. The molecular formula is C31H27N3O8S. The van der Waals surface area contributed by atoms with E-state index < -0.39 is 39.3 Å². The third kappa shape index (κ3) is 4.59. The van der Waals surface area contributed by atoms with Crippen LogP contribution in [0.4, 0.5) is 0 Å². The number of sulfonamides is 1. The van der Waals surface area contributed by atoms with Crippen molar-refractivity contribution in [2.75, 3.05) is 13.7 Å². The highest BCUT2D eigenvalue weighted by Gasteiger charge is 2.70. The van der Waals surface area contributed by atoms with Crippen LogP contribution >= 0.6 is 0 Å². The Balaban J connectivity index is 1.22. The molecule has 0 radical (unpaired) electrons. The van der Waals surface area contributed by atoms with Crippen LogP contribution in [0.25, 0.3) is 11.5 Å². The third-order valence-electron chi connectivity index (χ3n) is 7.73. The number of nitrogens with one attached hydrogen (secondary N) is 1. The van der Waals surface area contributed by atoms with Crippen LogP contribution < -0.4 is 10.1 Å². The number of aromatic nitrogens is 1. The Morgan fingerprint density at radius 2 is 1.72 bits per heavy atom. The fourth-order valence-electron chi connectivity index (χ4n) is 5.68. The van der Waals surface area contributed by atoms with Crippen molar-refractivity contribution in [3.63, 3.8) is 0 Å². The van der Waals surface area contributed by atoms with Crippen molar-refractivity contribution < 1.29 is 36.7 Å². The van der Waals surface area contributed by atoms with E-state index in [2.05, 4.69) is 10.3 Å². The van der Waals surface area contributed by atoms with Crippen LogP contribution in [0.2, 0.25) is 0 Å². The molecule has 1 saturated heterocycles. The van der Waals surface area contributed by atoms with Gasteiger partial charge in [0, 0.05) is 24.1 Å². The Bertz CT molecular complexity index is 1840. The predicted molar refractivity (Wildman–Crippen MR) is 152 cm³/mol. The van der Waals surface area contributed by atoms with Gasteiger partial charge in [0.1, 0.15) is 11.5 Å². The number of nitrogens with zero attached hydrogens (tertiary/aromatic N) is 2. The van der Waals surface area contributed by atoms with Gasteiger partial charge in [-0.3, -0.25) is 19.7 Å². The molecule has 2 aliphatic heterocycles. The highest BCUT2D eigenvalue weighted by Crippen LogP contribution is 2.52. The first-order valence-corrected chi connectivity index (χ1v) is 14.9. The van der Waals surface area contributed by atoms with Gasteiger partial charge in [0.2, 0.25) is 21.8 Å². The molecule has 43 heavy (non-hydrogen) atoms. The smallest absolute Gasteiger partial charge is 0.321 e. The van der Waals surface area contributed by atoms with Crippen molar-refractivity contribution in [2.45, 2.75) is 30.3 Å². The van der Waals surface area contributed by atoms with Crippen molar-refractivity contribution in [1.29, 1.82) is 0 Å². The standard InChI is InChI=1S/C31H27N3O8S/c1-19-24(32-28(42-19)21-8-4-3-5-9-21)16-17-41-22-14-12-20(13-15-22)18-34-31(23-10-6-7-11-25(23)43(34,38)39)26(29(36)40-2)27(35)33-30(31)37/h3-15,26H,16-18H2,1-2H3,(H,33,35,37). The second-order valence-corrected chi connectivity index (χ2v) is 12.0. The zero-order valence-corrected chi connectivity index (χ0v) is 24.1. The number of ether oxygens (including phenoxy) is 2. The summed E-state index contributed by atoms with van der Waals surface area (Å²) in [4.78, 5) is 43.5. The molecule has 1 fully saturated rings. The van der Waals surface area contributed by atoms with Gasteiger partial charge in [-0.05, 0) is 42.8 Å². The number of carbonyl (C=O) groups is 3. The van der Waals surface area contributed by atoms with Crippen LogP contribution in [0.15, 0.2) is 88.2 Å². The molecule has 3 heterocycles. The average Bonchev–Trinajstić information content (AvgIpc) is 3.58. The maximum Gasteiger partial charge on any atom is 0.321 e. The SMILES string of the molecule is COC(=O)C1C(=O)NC(=O)C12c1ccccc1S(=O)(=O)N2Cc1ccc(OCCc2nc(-c3ccccc3)oc2C)cc1. The summed E-state index contributed by atoms with van der Waals surface area (Å²) in [5.74, 6) is -2.76. The lowest BCUT2D eigenvalue weighted by Gasteiger charge is -2.34. The minimum atomic E-state index is -4.28. The molecule has 1 N–H and O–H groups in total. The molecule has 1 spiro atoms. The van der Waals surface area contributed by atoms with Crippen LogP contribution in [0.3, 0.4) is 0 Å². The van der Waals surface area contributed by atoms with Gasteiger partial charge in [-0.25, -0.2) is 13.4 Å². The Kier molecular flexibility index (Phi) is 7.10. The molecule has 0 aliphatic carbocycles. The number of rotatable bonds is 8. The second-order valence-electron chi connectivity index (χ2n) is 10.2. The molecule has 2 atom stereocenters. The zero-order chi connectivity index (χ0) is 30.4. The van der Waals surface area contributed by atoms with E-state index in [-0.39, 0.29) is 17.0 Å². The summed E-state index contributed by atoms with van der Waals surface area (Å²) >= 11 is 0. The molecule has 2 unspecified atom stereocenters. The number of methoxy groups -OCH3 is 1. The fraction of sp³-hybridized carbons (Fsp3) is 0.226. The van der Waals surface area contributed by atoms with Crippen LogP contribution in [-0.2, 0) is 47.6 Å². The third-order valence-corrected chi connectivity index (χ3v) is 9.64. The van der Waals surface area contributed by atoms with Gasteiger partial charge < -0.3 is 13.9 Å². The number of fused-ring (bicyclic) bond motifs is 2. The molecule has 3 aromatic carbocycles. The van der Waals surface area contributed by atoms with E-state index >= 15 is 0 Å². The summed E-state index contributed by atoms with van der Waals surface area (Å²) in [6, 6.07) is 22.2. The molecule has 4 aromatic rings. The number of oxazole rings is 1. The van der Waals surface area contributed by atoms with E-state index in [9.17, 15) is 22.8 Å². The number of amides is 2. The summed E-state index contributed by atoms with van der Waals surface area (Å²) in [7, 11) is -3.20. The molecule has 0 saturated carbocycles. The van der Waals surface area contributed by atoms with Crippen LogP contribution in [-0.4, -0.2) is 49.2 Å². The predicted octanol–water partition coefficient (Wildman–Crippen LogP) is 3.12. The molecule has 220 valence electrons. The number of aryl methyl sites for hydroxylation is 1. The maximum atomic E-state index is 13.8. The number of esters is 1. The fourth-order valence-corrected chi connectivity index (χ4v) is 7.65. The van der Waals surface area contributed by atoms with Crippen LogP contribution in [0.1, 0.15) is 22.6 Å². The van der Waals surface area contributed by atoms with Crippen molar-refractivity contribution in [3.8, 4) is 17.2 Å². The summed E-state index contributed by atoms with van der Waals surface area (Å²) < 4.78 is 45.0. The summed E-state index contributed by atoms with van der Waals surface area (Å²) in [5, 5.41) is 2.15. The highest BCUT2D eigenvalue weighted by atomic mass is 32.2. The lowest BCUT2D eigenvalue weighted by atomic mass is 9.79. The number of carbonyl (C=O) groups excluding carboxylic acids is 3. The van der Waals surface area contributed by atoms with Gasteiger partial charge in [-0.1, -0.05) is 48.5 Å². The van der Waals surface area contributed by atoms with Crippen molar-refractivity contribution >= 4 is 27.8 Å². The molecule has 11 nitrogen and oxygen atoms in total. The van der Waals surface area contributed by atoms with Gasteiger partial charge in [0.25, 0.3) is 5.91 Å². The quantitative estimate of drug-likeness (QED) is 0.183. The summed E-state index contributed by atoms with van der Waals surface area (Å²) in [6.07, 6.45) is 0.509. The van der Waals surface area contributed by atoms with Crippen LogP contribution in [0, 0.1) is 12.8 Å². The minimum absolute atomic E-state index is 0.0484. The minimum Gasteiger partial charge on any atom is -0.493 e. The Labute approximate surface area is 247 Å². The second kappa shape index (κ2) is 10.8. The maximum absolute atomic E-state index is 13.8. The Morgan fingerprint density at radius 3 is 2.44 bits per heavy atom. The first kappa shape index (κ1) is 28.3. The molecule has 2 aliphatic rings. The van der Waals surface area contributed by atoms with Gasteiger partial charge in [0.15, 0.2) is 11.5 Å². The first-order valence-electron chi connectivity index (χ1n) is 13.5. The van der Waals surface area contributed by atoms with E-state index in [1.807, 2.05) is 37.3 Å². The Hall–Kier alpha value is -4.81. The van der Waals surface area contributed by atoms with E-state index in [4.69, 9.17) is 13.9 Å². The Morgan fingerprint density at radius 1 is 1.02 bits per heavy atom. The number of imide groups is 1. The molecule has 0 bridgehead atoms. The summed E-state index contributed by atoms with van der Waals surface area (Å²) in [5.41, 5.74) is 0.105. The van der Waals surface area contributed by atoms with Gasteiger partial charge in [0.05, 0.1) is 24.3 Å². The number of hydrogen-bond acceptors (Lipinski definition) is 9. The number of hydrogen-bond donors (Lipinski definition) is 1. The number of benzene rings is 3. The monoisotopic (exact) mass is 601 g/mol. The topological polar surface area (TPSA) is 145 Å². The van der Waals surface area contributed by atoms with E-state index in [1.165, 1.54) is 18.2 Å². The van der Waals surface area contributed by atoms with Crippen molar-refractivity contribution in [3.05, 3.63) is 101 Å². The van der Waals surface area contributed by atoms with Gasteiger partial charge >= 0.3 is 5.97 Å². The largest absolute Gasteiger partial charge is 0.493 e. The zero-order valence-electron chi connectivity index (χ0n) is 23.3. The lowest BCUT2D eigenvalue weighted by Crippen LogP contribution is -2.54. The van der Waals surface area contributed by atoms with Crippen LogP contribution in [0.5, 0.6) is 5.75 Å². The lowest BCUT2D eigenvalue weighted by molar-refractivity contribution is -0.154. The molecule has 2 amide bonds. The molecule has 6 rings (SSSR count). The van der Waals surface area contributed by atoms with Crippen molar-refractivity contribution in [2.24, 2.45) is 5.92 Å². The average molecular weight is 602 g/mol. The van der Waals surface area contributed by atoms with Crippen molar-refractivity contribution in [1.82, 2.24) is 14.6 Å². The van der Waals surface area contributed by atoms with E-state index in [1.54, 1.807) is 30.3 Å². The normalized spacial score (nSPS) is 20.7. The van der Waals surface area contributed by atoms with E-state index in [0.29, 0.717) is 36.0 Å². The van der Waals surface area contributed by atoms with Gasteiger partial charge in [-0.2, -0.15) is 4.31 Å².